The largest absolute Gasteiger partial charge is 0.396 e. The van der Waals surface area contributed by atoms with Crippen molar-refractivity contribution in [3.8, 4) is 0 Å². The second-order valence-electron chi connectivity index (χ2n) is 1.79. The molecule has 9 heavy (non-hydrogen) atoms. The van der Waals surface area contributed by atoms with Crippen molar-refractivity contribution in [1.29, 1.82) is 0 Å². The van der Waals surface area contributed by atoms with Crippen molar-refractivity contribution >= 4 is 0 Å². The zero-order valence-electron chi connectivity index (χ0n) is 5.88. The molecule has 0 saturated carbocycles. The van der Waals surface area contributed by atoms with E-state index < -0.39 is 0 Å². The first-order valence-corrected chi connectivity index (χ1v) is 3.28. The second-order valence-corrected chi connectivity index (χ2v) is 1.79. The third-order valence-electron chi connectivity index (χ3n) is 0.970. The van der Waals surface area contributed by atoms with Crippen molar-refractivity contribution in [3.05, 3.63) is 24.3 Å². The quantitative estimate of drug-likeness (QED) is 0.570. The van der Waals surface area contributed by atoms with Gasteiger partial charge < -0.3 is 5.11 Å². The molecule has 0 radical (unpaired) electrons. The minimum absolute atomic E-state index is 0.256. The van der Waals surface area contributed by atoms with E-state index in [0.29, 0.717) is 0 Å². The highest BCUT2D eigenvalue weighted by atomic mass is 16.2. The van der Waals surface area contributed by atoms with E-state index in [2.05, 4.69) is 12.2 Å². The first kappa shape index (κ1) is 8.44. The number of hydrogen-bond acceptors (Lipinski definition) is 1. The summed E-state index contributed by atoms with van der Waals surface area (Å²) in [7, 11) is 0. The maximum Gasteiger partial charge on any atom is 0.0465 e. The van der Waals surface area contributed by atoms with Crippen LogP contribution in [0.5, 0.6) is 0 Å². The van der Waals surface area contributed by atoms with Crippen molar-refractivity contribution in [2.75, 3.05) is 6.61 Å². The molecule has 0 bridgehead atoms. The van der Waals surface area contributed by atoms with E-state index in [1.54, 1.807) is 0 Å². The maximum absolute atomic E-state index is 8.35. The third kappa shape index (κ3) is 7.44. The molecule has 1 N–H and O–H groups in total. The lowest BCUT2D eigenvalue weighted by molar-refractivity contribution is 0.302. The highest BCUT2D eigenvalue weighted by molar-refractivity contribution is 4.90. The summed E-state index contributed by atoms with van der Waals surface area (Å²) in [6.07, 6.45) is 9.89. The fourth-order valence-corrected chi connectivity index (χ4v) is 0.503. The van der Waals surface area contributed by atoms with E-state index in [0.717, 1.165) is 12.8 Å². The smallest absolute Gasteiger partial charge is 0.0465 e. The Morgan fingerprint density at radius 3 is 2.56 bits per heavy atom. The lowest BCUT2D eigenvalue weighted by Gasteiger charge is -1.81. The molecule has 52 valence electrons. The van der Waals surface area contributed by atoms with Gasteiger partial charge in [-0.05, 0) is 19.8 Å². The molecule has 0 heterocycles. The van der Waals surface area contributed by atoms with Crippen LogP contribution in [0.15, 0.2) is 24.3 Å². The monoisotopic (exact) mass is 126 g/mol. The van der Waals surface area contributed by atoms with Gasteiger partial charge in [-0.2, -0.15) is 0 Å². The molecule has 0 aromatic rings. The van der Waals surface area contributed by atoms with Crippen molar-refractivity contribution in [3.63, 3.8) is 0 Å². The van der Waals surface area contributed by atoms with Crippen LogP contribution in [0.25, 0.3) is 0 Å². The maximum atomic E-state index is 8.35. The SMILES string of the molecule is CC=CCC=CCCO. The topological polar surface area (TPSA) is 20.2 Å². The molecule has 0 aliphatic carbocycles. The molecule has 0 saturated heterocycles. The zero-order chi connectivity index (χ0) is 6.95. The number of hydrogen-bond donors (Lipinski definition) is 1. The molecule has 1 nitrogen and oxygen atoms in total. The van der Waals surface area contributed by atoms with Crippen LogP contribution in [0.1, 0.15) is 19.8 Å². The van der Waals surface area contributed by atoms with Crippen molar-refractivity contribution < 1.29 is 5.11 Å². The Morgan fingerprint density at radius 2 is 2.00 bits per heavy atom. The number of rotatable bonds is 4. The van der Waals surface area contributed by atoms with Crippen LogP contribution in [-0.2, 0) is 0 Å². The summed E-state index contributed by atoms with van der Waals surface area (Å²) in [5, 5.41) is 8.35. The van der Waals surface area contributed by atoms with Crippen LogP contribution in [0.3, 0.4) is 0 Å². The van der Waals surface area contributed by atoms with Gasteiger partial charge in [0.05, 0.1) is 0 Å². The van der Waals surface area contributed by atoms with Gasteiger partial charge in [0.1, 0.15) is 0 Å². The molecule has 0 amide bonds. The normalized spacial score (nSPS) is 11.8. The fourth-order valence-electron chi connectivity index (χ4n) is 0.503. The molecule has 0 spiro atoms. The van der Waals surface area contributed by atoms with Gasteiger partial charge in [-0.3, -0.25) is 0 Å². The molecular formula is C8H14O. The average Bonchev–Trinajstić information content (AvgIpc) is 1.89. The van der Waals surface area contributed by atoms with Crippen LogP contribution in [0.2, 0.25) is 0 Å². The summed E-state index contributed by atoms with van der Waals surface area (Å²) in [6, 6.07) is 0. The van der Waals surface area contributed by atoms with Crippen LogP contribution in [-0.4, -0.2) is 11.7 Å². The number of aliphatic hydroxyl groups is 1. The van der Waals surface area contributed by atoms with E-state index in [-0.39, 0.29) is 6.61 Å². The minimum atomic E-state index is 0.256. The van der Waals surface area contributed by atoms with Crippen molar-refractivity contribution in [1.82, 2.24) is 0 Å². The number of allylic oxidation sites excluding steroid dienone is 3. The average molecular weight is 126 g/mol. The van der Waals surface area contributed by atoms with Crippen molar-refractivity contribution in [2.45, 2.75) is 19.8 Å². The molecular weight excluding hydrogens is 112 g/mol. The number of aliphatic hydroxyl groups excluding tert-OH is 1. The first-order valence-electron chi connectivity index (χ1n) is 3.28. The van der Waals surface area contributed by atoms with E-state index in [1.165, 1.54) is 0 Å². The molecule has 0 unspecified atom stereocenters. The summed E-state index contributed by atoms with van der Waals surface area (Å²) in [6.45, 7) is 2.26. The predicted octanol–water partition coefficient (Wildman–Crippen LogP) is 1.89. The summed E-state index contributed by atoms with van der Waals surface area (Å²) in [5.74, 6) is 0. The molecule has 0 aromatic heterocycles. The van der Waals surface area contributed by atoms with Crippen LogP contribution in [0, 0.1) is 0 Å². The Bertz CT molecular complexity index is 92.7. The second kappa shape index (κ2) is 7.44. The molecule has 0 aliphatic rings. The highest BCUT2D eigenvalue weighted by Crippen LogP contribution is 1.87. The van der Waals surface area contributed by atoms with Crippen molar-refractivity contribution in [2.24, 2.45) is 0 Å². The highest BCUT2D eigenvalue weighted by Gasteiger charge is 1.71. The first-order chi connectivity index (χ1) is 4.41. The van der Waals surface area contributed by atoms with Gasteiger partial charge in [-0.25, -0.2) is 0 Å². The molecule has 0 fully saturated rings. The Balaban J connectivity index is 3.04. The Hall–Kier alpha value is -0.560. The predicted molar refractivity (Wildman–Crippen MR) is 40.3 cm³/mol. The minimum Gasteiger partial charge on any atom is -0.396 e. The molecule has 0 aromatic carbocycles. The zero-order valence-corrected chi connectivity index (χ0v) is 5.88. The van der Waals surface area contributed by atoms with E-state index in [4.69, 9.17) is 5.11 Å². The van der Waals surface area contributed by atoms with Gasteiger partial charge in [0, 0.05) is 6.61 Å². The summed E-state index contributed by atoms with van der Waals surface area (Å²) < 4.78 is 0. The summed E-state index contributed by atoms with van der Waals surface area (Å²) in [5.41, 5.74) is 0. The lowest BCUT2D eigenvalue weighted by atomic mass is 10.3. The van der Waals surface area contributed by atoms with Gasteiger partial charge in [0.15, 0.2) is 0 Å². The van der Waals surface area contributed by atoms with Gasteiger partial charge in [0.2, 0.25) is 0 Å². The lowest BCUT2D eigenvalue weighted by Crippen LogP contribution is -1.74. The third-order valence-corrected chi connectivity index (χ3v) is 0.970. The fraction of sp³-hybridized carbons (Fsp3) is 0.500. The van der Waals surface area contributed by atoms with Crippen LogP contribution in [0.4, 0.5) is 0 Å². The van der Waals surface area contributed by atoms with E-state index >= 15 is 0 Å². The van der Waals surface area contributed by atoms with Gasteiger partial charge in [0.25, 0.3) is 0 Å². The molecule has 0 atom stereocenters. The Morgan fingerprint density at radius 1 is 1.22 bits per heavy atom. The summed E-state index contributed by atoms with van der Waals surface area (Å²) in [4.78, 5) is 0. The Labute approximate surface area is 56.7 Å². The molecule has 1 heteroatoms. The Kier molecular flexibility index (Phi) is 6.98. The molecule has 0 rings (SSSR count). The van der Waals surface area contributed by atoms with Crippen LogP contribution < -0.4 is 0 Å². The molecule has 0 aliphatic heterocycles. The van der Waals surface area contributed by atoms with E-state index in [1.807, 2.05) is 19.1 Å². The van der Waals surface area contributed by atoms with E-state index in [9.17, 15) is 0 Å². The standard InChI is InChI=1S/C8H14O/c1-2-3-4-5-6-7-8-9/h2-3,5-6,9H,4,7-8H2,1H3. The van der Waals surface area contributed by atoms with Crippen LogP contribution >= 0.6 is 0 Å². The summed E-state index contributed by atoms with van der Waals surface area (Å²) >= 11 is 0. The van der Waals surface area contributed by atoms with Gasteiger partial charge >= 0.3 is 0 Å². The van der Waals surface area contributed by atoms with Gasteiger partial charge in [-0.1, -0.05) is 24.3 Å². The van der Waals surface area contributed by atoms with Gasteiger partial charge in [-0.15, -0.1) is 0 Å².